The van der Waals surface area contributed by atoms with Gasteiger partial charge in [0.2, 0.25) is 5.91 Å². The normalized spacial score (nSPS) is 14.2. The van der Waals surface area contributed by atoms with E-state index in [-0.39, 0.29) is 17.2 Å². The number of amides is 1. The number of allylic oxidation sites excluding steroid dienone is 2. The van der Waals surface area contributed by atoms with Gasteiger partial charge in [0, 0.05) is 12.7 Å². The van der Waals surface area contributed by atoms with E-state index in [4.69, 9.17) is 4.42 Å². The quantitative estimate of drug-likeness (QED) is 0.447. The van der Waals surface area contributed by atoms with Gasteiger partial charge < -0.3 is 9.32 Å². The molecule has 3 aromatic rings. The number of thiophene rings is 1. The average molecular weight is 416 g/mol. The second-order valence-corrected chi connectivity index (χ2v) is 8.54. The Morgan fingerprint density at radius 3 is 3.04 bits per heavy atom. The van der Waals surface area contributed by atoms with Crippen molar-refractivity contribution in [3.63, 3.8) is 0 Å². The number of aromatic nitrogens is 2. The second-order valence-electron chi connectivity index (χ2n) is 6.68. The van der Waals surface area contributed by atoms with Crippen LogP contribution in [0.4, 0.5) is 0 Å². The Morgan fingerprint density at radius 2 is 2.29 bits per heavy atom. The van der Waals surface area contributed by atoms with Crippen LogP contribution in [0.25, 0.3) is 10.2 Å². The van der Waals surface area contributed by atoms with Crippen molar-refractivity contribution in [2.45, 2.75) is 37.4 Å². The molecule has 3 heterocycles. The highest BCUT2D eigenvalue weighted by molar-refractivity contribution is 7.99. The number of fused-ring (bicyclic) bond motifs is 1. The van der Waals surface area contributed by atoms with Crippen LogP contribution in [0.3, 0.4) is 0 Å². The molecule has 0 radical (unpaired) electrons. The van der Waals surface area contributed by atoms with E-state index >= 15 is 0 Å². The first kappa shape index (κ1) is 19.0. The first-order valence-corrected chi connectivity index (χ1v) is 11.1. The Hall–Kier alpha value is -2.32. The van der Waals surface area contributed by atoms with Gasteiger partial charge in [0.15, 0.2) is 5.16 Å². The standard InChI is InChI=1S/C20H21N3O3S2/c1-22-19(25)18-16(9-11-27-18)21-20(22)28-13-17(24)23(12-15-8-5-10-26-15)14-6-3-2-4-7-14/h5-6,8-11H,2-4,7,12-13H2,1H3. The maximum atomic E-state index is 13.1. The molecule has 0 saturated heterocycles. The Morgan fingerprint density at radius 1 is 1.39 bits per heavy atom. The molecule has 0 fully saturated rings. The van der Waals surface area contributed by atoms with E-state index in [1.54, 1.807) is 13.3 Å². The number of carbonyl (C=O) groups is 1. The smallest absolute Gasteiger partial charge is 0.271 e. The van der Waals surface area contributed by atoms with Crippen molar-refractivity contribution in [2.24, 2.45) is 7.05 Å². The van der Waals surface area contributed by atoms with E-state index in [2.05, 4.69) is 11.1 Å². The largest absolute Gasteiger partial charge is 0.467 e. The number of thioether (sulfide) groups is 1. The van der Waals surface area contributed by atoms with Crippen LogP contribution in [0.5, 0.6) is 0 Å². The Labute approximate surface area is 170 Å². The molecular formula is C20H21N3O3S2. The van der Waals surface area contributed by atoms with Gasteiger partial charge in [-0.1, -0.05) is 17.8 Å². The maximum absolute atomic E-state index is 13.1. The molecular weight excluding hydrogens is 394 g/mol. The number of nitrogens with zero attached hydrogens (tertiary/aromatic N) is 3. The summed E-state index contributed by atoms with van der Waals surface area (Å²) in [6, 6.07) is 5.55. The van der Waals surface area contributed by atoms with Crippen LogP contribution >= 0.6 is 23.1 Å². The van der Waals surface area contributed by atoms with Gasteiger partial charge in [-0.15, -0.1) is 11.3 Å². The van der Waals surface area contributed by atoms with Gasteiger partial charge in [0.25, 0.3) is 5.56 Å². The molecule has 3 aromatic heterocycles. The summed E-state index contributed by atoms with van der Waals surface area (Å²) in [6.45, 7) is 0.425. The van der Waals surface area contributed by atoms with Crippen molar-refractivity contribution in [2.75, 3.05) is 5.75 Å². The van der Waals surface area contributed by atoms with Gasteiger partial charge in [-0.25, -0.2) is 4.98 Å². The number of rotatable bonds is 6. The van der Waals surface area contributed by atoms with Crippen LogP contribution in [-0.4, -0.2) is 26.1 Å². The minimum atomic E-state index is -0.0719. The van der Waals surface area contributed by atoms with Crippen molar-refractivity contribution < 1.29 is 9.21 Å². The van der Waals surface area contributed by atoms with Crippen LogP contribution < -0.4 is 5.56 Å². The van der Waals surface area contributed by atoms with E-state index in [0.29, 0.717) is 21.9 Å². The monoisotopic (exact) mass is 415 g/mol. The molecule has 4 rings (SSSR count). The highest BCUT2D eigenvalue weighted by Crippen LogP contribution is 2.25. The van der Waals surface area contributed by atoms with Crippen LogP contribution in [0.1, 0.15) is 31.4 Å². The molecule has 28 heavy (non-hydrogen) atoms. The van der Waals surface area contributed by atoms with E-state index < -0.39 is 0 Å². The molecule has 6 nitrogen and oxygen atoms in total. The lowest BCUT2D eigenvalue weighted by atomic mass is 10.0. The van der Waals surface area contributed by atoms with Crippen molar-refractivity contribution in [1.82, 2.24) is 14.5 Å². The zero-order valence-corrected chi connectivity index (χ0v) is 17.2. The number of carbonyl (C=O) groups excluding carboxylic acids is 1. The topological polar surface area (TPSA) is 68.3 Å². The molecule has 0 aromatic carbocycles. The fourth-order valence-corrected chi connectivity index (χ4v) is 4.93. The van der Waals surface area contributed by atoms with Crippen molar-refractivity contribution in [3.8, 4) is 0 Å². The molecule has 8 heteroatoms. The zero-order valence-electron chi connectivity index (χ0n) is 15.6. The van der Waals surface area contributed by atoms with Crippen molar-refractivity contribution in [1.29, 1.82) is 0 Å². The fourth-order valence-electron chi connectivity index (χ4n) is 3.28. The predicted octanol–water partition coefficient (Wildman–Crippen LogP) is 4.17. The zero-order chi connectivity index (χ0) is 19.5. The molecule has 0 saturated carbocycles. The molecule has 146 valence electrons. The van der Waals surface area contributed by atoms with Crippen molar-refractivity contribution in [3.05, 3.63) is 57.7 Å². The van der Waals surface area contributed by atoms with Gasteiger partial charge in [-0.2, -0.15) is 0 Å². The first-order valence-electron chi connectivity index (χ1n) is 9.22. The number of hydrogen-bond acceptors (Lipinski definition) is 6. The van der Waals surface area contributed by atoms with Gasteiger partial charge in [0.1, 0.15) is 10.5 Å². The molecule has 0 aliphatic heterocycles. The lowest BCUT2D eigenvalue weighted by molar-refractivity contribution is -0.127. The number of hydrogen-bond donors (Lipinski definition) is 0. The Balaban J connectivity index is 1.53. The molecule has 1 aliphatic rings. The third kappa shape index (κ3) is 3.93. The molecule has 0 unspecified atom stereocenters. The van der Waals surface area contributed by atoms with E-state index in [9.17, 15) is 9.59 Å². The lowest BCUT2D eigenvalue weighted by Gasteiger charge is -2.27. The second kappa shape index (κ2) is 8.36. The summed E-state index contributed by atoms with van der Waals surface area (Å²) in [7, 11) is 1.70. The molecule has 0 spiro atoms. The summed E-state index contributed by atoms with van der Waals surface area (Å²) >= 11 is 2.69. The average Bonchev–Trinajstić information content (AvgIpc) is 3.40. The third-order valence-corrected chi connectivity index (χ3v) is 6.69. The summed E-state index contributed by atoms with van der Waals surface area (Å²) < 4.78 is 7.62. The summed E-state index contributed by atoms with van der Waals surface area (Å²) in [5.74, 6) is 0.970. The maximum Gasteiger partial charge on any atom is 0.271 e. The minimum Gasteiger partial charge on any atom is -0.467 e. The highest BCUT2D eigenvalue weighted by Gasteiger charge is 2.22. The van der Waals surface area contributed by atoms with Gasteiger partial charge in [0.05, 0.1) is 24.1 Å². The lowest BCUT2D eigenvalue weighted by Crippen LogP contribution is -2.32. The van der Waals surface area contributed by atoms with Crippen LogP contribution in [-0.2, 0) is 18.4 Å². The summed E-state index contributed by atoms with van der Waals surface area (Å²) in [5.41, 5.74) is 1.67. The minimum absolute atomic E-state index is 0.00536. The first-order chi connectivity index (χ1) is 13.6. The van der Waals surface area contributed by atoms with E-state index in [1.807, 2.05) is 28.5 Å². The SMILES string of the molecule is Cn1c(SCC(=O)N(Cc2ccco2)C2=CCCCC2)nc2ccsc2c1=O. The van der Waals surface area contributed by atoms with Gasteiger partial charge in [-0.05, 0) is 49.3 Å². The van der Waals surface area contributed by atoms with E-state index in [0.717, 1.165) is 37.1 Å². The van der Waals surface area contributed by atoms with Crippen LogP contribution in [0.15, 0.2) is 56.0 Å². The molecule has 0 N–H and O–H groups in total. The van der Waals surface area contributed by atoms with Crippen molar-refractivity contribution >= 4 is 39.2 Å². The van der Waals surface area contributed by atoms with Crippen LogP contribution in [0, 0.1) is 0 Å². The van der Waals surface area contributed by atoms with Crippen LogP contribution in [0.2, 0.25) is 0 Å². The number of furan rings is 1. The molecule has 1 aliphatic carbocycles. The summed E-state index contributed by atoms with van der Waals surface area (Å²) in [6.07, 6.45) is 7.92. The van der Waals surface area contributed by atoms with Gasteiger partial charge in [-0.3, -0.25) is 14.2 Å². The Kier molecular flexibility index (Phi) is 5.68. The molecule has 0 bridgehead atoms. The Bertz CT molecular complexity index is 1070. The molecule has 0 atom stereocenters. The summed E-state index contributed by atoms with van der Waals surface area (Å²) in [5, 5.41) is 2.42. The third-order valence-electron chi connectivity index (χ3n) is 4.78. The van der Waals surface area contributed by atoms with E-state index in [1.165, 1.54) is 27.7 Å². The predicted molar refractivity (Wildman–Crippen MR) is 111 cm³/mol. The highest BCUT2D eigenvalue weighted by atomic mass is 32.2. The summed E-state index contributed by atoms with van der Waals surface area (Å²) in [4.78, 5) is 31.9. The fraction of sp³-hybridized carbons (Fsp3) is 0.350. The molecule has 1 amide bonds. The van der Waals surface area contributed by atoms with Gasteiger partial charge >= 0.3 is 0 Å².